The summed E-state index contributed by atoms with van der Waals surface area (Å²) in [6.45, 7) is 7.82. The van der Waals surface area contributed by atoms with Crippen LogP contribution in [0.2, 0.25) is 0 Å². The van der Waals surface area contributed by atoms with E-state index in [4.69, 9.17) is 32.7 Å². The van der Waals surface area contributed by atoms with Crippen LogP contribution in [0.1, 0.15) is 67.4 Å². The summed E-state index contributed by atoms with van der Waals surface area (Å²) < 4.78 is 48.0. The number of nitrogens with zero attached hydrogens (tertiary/aromatic N) is 3. The zero-order valence-electron chi connectivity index (χ0n) is 35.0. The molecule has 320 valence electrons. The van der Waals surface area contributed by atoms with Crippen molar-refractivity contribution in [3.05, 3.63) is 165 Å². The fourth-order valence-electron chi connectivity index (χ4n) is 7.39. The van der Waals surface area contributed by atoms with E-state index >= 15 is 0 Å². The number of hydrogen-bond donors (Lipinski definition) is 1. The number of rotatable bonds is 19. The van der Waals surface area contributed by atoms with Crippen LogP contribution in [-0.4, -0.2) is 78.0 Å². The van der Waals surface area contributed by atoms with Crippen LogP contribution in [0.5, 0.6) is 11.5 Å². The maximum absolute atomic E-state index is 14.1. The van der Waals surface area contributed by atoms with Crippen LogP contribution in [0.3, 0.4) is 0 Å². The molecule has 2 heterocycles. The molecule has 5 aromatic rings. The number of nitriles is 1. The van der Waals surface area contributed by atoms with Crippen molar-refractivity contribution in [1.29, 1.82) is 5.26 Å². The molecule has 1 aromatic heterocycles. The molecular weight excluding hydrogens is 799 g/mol. The lowest BCUT2D eigenvalue weighted by molar-refractivity contribution is -0.0974. The molecule has 61 heavy (non-hydrogen) atoms. The van der Waals surface area contributed by atoms with Gasteiger partial charge in [-0.15, -0.1) is 0 Å². The zero-order chi connectivity index (χ0) is 43.5. The molecule has 15 heteroatoms. The Bertz CT molecular complexity index is 2280. The summed E-state index contributed by atoms with van der Waals surface area (Å²) in [4.78, 5) is 42.3. The second-order valence-electron chi connectivity index (χ2n) is 14.8. The highest BCUT2D eigenvalue weighted by molar-refractivity contribution is 7.44. The lowest BCUT2D eigenvalue weighted by Gasteiger charge is -2.38. The quantitative estimate of drug-likeness (QED) is 0.0381. The van der Waals surface area contributed by atoms with Gasteiger partial charge in [-0.05, 0) is 80.8 Å². The molecule has 0 radical (unpaired) electrons. The van der Waals surface area contributed by atoms with Crippen LogP contribution < -0.4 is 20.7 Å². The Balaban J connectivity index is 1.52. The van der Waals surface area contributed by atoms with Gasteiger partial charge < -0.3 is 32.7 Å². The Hall–Kier alpha value is -5.65. The van der Waals surface area contributed by atoms with E-state index in [0.717, 1.165) is 16.7 Å². The van der Waals surface area contributed by atoms with E-state index in [9.17, 15) is 19.6 Å². The van der Waals surface area contributed by atoms with Gasteiger partial charge in [0, 0.05) is 24.3 Å². The van der Waals surface area contributed by atoms with Gasteiger partial charge >= 0.3 is 11.7 Å². The van der Waals surface area contributed by atoms with Gasteiger partial charge in [0.25, 0.3) is 14.1 Å². The van der Waals surface area contributed by atoms with Gasteiger partial charge in [0.15, 0.2) is 18.4 Å². The van der Waals surface area contributed by atoms with Crippen LogP contribution in [-0.2, 0) is 28.9 Å². The maximum Gasteiger partial charge on any atom is 0.338 e. The summed E-state index contributed by atoms with van der Waals surface area (Å²) >= 11 is 0. The van der Waals surface area contributed by atoms with Gasteiger partial charge in [-0.2, -0.15) is 5.26 Å². The van der Waals surface area contributed by atoms with Crippen molar-refractivity contribution in [2.45, 2.75) is 76.3 Å². The lowest BCUT2D eigenvalue weighted by atomic mass is 9.80. The molecule has 1 saturated heterocycles. The van der Waals surface area contributed by atoms with Crippen molar-refractivity contribution >= 4 is 14.5 Å². The fraction of sp³-hybridized carbons (Fsp3) is 0.348. The minimum atomic E-state index is -1.97. The van der Waals surface area contributed by atoms with Crippen molar-refractivity contribution in [2.75, 3.05) is 27.4 Å². The number of methoxy groups -OCH3 is 2. The third-order valence-corrected chi connectivity index (χ3v) is 12.3. The molecular formula is C46H51N4O10P. The minimum Gasteiger partial charge on any atom is -0.497 e. The second kappa shape index (κ2) is 20.7. The standard InChI is InChI=1S/C46H51N4O10P/c1-31(2)50(32(3)4)61(57-29-13-27-47)60-42-41(59-44(52)33-14-9-7-10-15-33)39(58-43(42)49-28-26-40(51)48-45(49)53)30-56-46(34-16-11-8-12-17-34,35-18-22-37(54-5)23-19-35)36-20-24-38(55-6)25-21-36/h7-12,14-26,28,31-32,39,41-43H,13,29-30H2,1-6H3,(H,48,51,53)/t39-,41-,42-,43-,61?/m1/s1. The smallest absolute Gasteiger partial charge is 0.338 e. The van der Waals surface area contributed by atoms with Crippen LogP contribution in [0.25, 0.3) is 0 Å². The number of ether oxygens (including phenoxy) is 5. The van der Waals surface area contributed by atoms with E-state index in [1.165, 1.54) is 16.8 Å². The number of hydrogen-bond acceptors (Lipinski definition) is 12. The molecule has 1 unspecified atom stereocenters. The first-order chi connectivity index (χ1) is 29.5. The summed E-state index contributed by atoms with van der Waals surface area (Å²) in [7, 11) is 1.22. The number of carbonyl (C=O) groups excluding carboxylic acids is 1. The van der Waals surface area contributed by atoms with Gasteiger partial charge in [-0.3, -0.25) is 14.3 Å². The van der Waals surface area contributed by atoms with E-state index in [-0.39, 0.29) is 37.3 Å². The summed E-state index contributed by atoms with van der Waals surface area (Å²) in [6.07, 6.45) is -3.36. The molecule has 0 amide bonds. The zero-order valence-corrected chi connectivity index (χ0v) is 35.9. The van der Waals surface area contributed by atoms with E-state index in [2.05, 4.69) is 11.1 Å². The molecule has 0 aliphatic carbocycles. The highest BCUT2D eigenvalue weighted by atomic mass is 31.2. The molecule has 1 fully saturated rings. The van der Waals surface area contributed by atoms with Crippen molar-refractivity contribution in [3.8, 4) is 17.6 Å². The van der Waals surface area contributed by atoms with Crippen LogP contribution in [0.4, 0.5) is 0 Å². The van der Waals surface area contributed by atoms with E-state index in [0.29, 0.717) is 11.5 Å². The van der Waals surface area contributed by atoms with Gasteiger partial charge in [0.05, 0.1) is 45.5 Å². The first-order valence-corrected chi connectivity index (χ1v) is 21.1. The normalized spacial score (nSPS) is 18.2. The second-order valence-corrected chi connectivity index (χ2v) is 16.2. The highest BCUT2D eigenvalue weighted by Gasteiger charge is 2.53. The van der Waals surface area contributed by atoms with Gasteiger partial charge in [-0.25, -0.2) is 14.3 Å². The van der Waals surface area contributed by atoms with Crippen molar-refractivity contribution in [3.63, 3.8) is 0 Å². The Morgan fingerprint density at radius 1 is 0.820 bits per heavy atom. The Morgan fingerprint density at radius 2 is 1.38 bits per heavy atom. The largest absolute Gasteiger partial charge is 0.497 e. The Labute approximate surface area is 356 Å². The Kier molecular flexibility index (Phi) is 15.3. The number of carbonyl (C=O) groups is 1. The number of aromatic amines is 1. The predicted octanol–water partition coefficient (Wildman–Crippen LogP) is 7.35. The Morgan fingerprint density at radius 3 is 1.90 bits per heavy atom. The third-order valence-electron chi connectivity index (χ3n) is 10.2. The topological polar surface area (TPSA) is 164 Å². The SMILES string of the molecule is COc1ccc(C(OC[C@H]2O[C@@H](n3ccc(=O)[nH]c3=O)[C@H](OP(OCCC#N)N(C(C)C)C(C)C)[C@@H]2OC(=O)c2ccccc2)(c2ccccc2)c2ccc(OC)cc2)cc1. The van der Waals surface area contributed by atoms with Gasteiger partial charge in [-0.1, -0.05) is 72.8 Å². The monoisotopic (exact) mass is 850 g/mol. The number of aromatic nitrogens is 2. The molecule has 14 nitrogen and oxygen atoms in total. The first-order valence-electron chi connectivity index (χ1n) is 20.0. The van der Waals surface area contributed by atoms with Gasteiger partial charge in [0.2, 0.25) is 0 Å². The predicted molar refractivity (Wildman–Crippen MR) is 229 cm³/mol. The molecule has 5 atom stereocenters. The number of nitrogens with one attached hydrogen (secondary N) is 1. The average Bonchev–Trinajstić information content (AvgIpc) is 3.59. The van der Waals surface area contributed by atoms with Crippen LogP contribution in [0, 0.1) is 11.3 Å². The molecule has 0 bridgehead atoms. The molecule has 0 saturated carbocycles. The first kappa shape index (κ1) is 44.9. The molecule has 0 spiro atoms. The van der Waals surface area contributed by atoms with E-state index < -0.39 is 55.9 Å². The lowest BCUT2D eigenvalue weighted by Crippen LogP contribution is -2.44. The summed E-state index contributed by atoms with van der Waals surface area (Å²) in [5.41, 5.74) is -0.112. The average molecular weight is 851 g/mol. The number of H-pyrrole nitrogens is 1. The molecule has 1 N–H and O–H groups in total. The molecule has 4 aromatic carbocycles. The molecule has 6 rings (SSSR count). The van der Waals surface area contributed by atoms with Crippen LogP contribution >= 0.6 is 8.53 Å². The van der Waals surface area contributed by atoms with Crippen molar-refractivity contribution < 1.29 is 37.5 Å². The minimum absolute atomic E-state index is 0.0549. The molecule has 1 aliphatic rings. The third kappa shape index (κ3) is 10.3. The summed E-state index contributed by atoms with van der Waals surface area (Å²) in [6, 6.07) is 36.4. The highest BCUT2D eigenvalue weighted by Crippen LogP contribution is 2.51. The fourth-order valence-corrected chi connectivity index (χ4v) is 9.13. The van der Waals surface area contributed by atoms with Crippen LogP contribution in [0.15, 0.2) is 131 Å². The van der Waals surface area contributed by atoms with Gasteiger partial charge in [0.1, 0.15) is 23.2 Å². The van der Waals surface area contributed by atoms with E-state index in [1.54, 1.807) is 44.6 Å². The molecule has 1 aliphatic heterocycles. The summed E-state index contributed by atoms with van der Waals surface area (Å²) in [5.74, 6) is 0.625. The van der Waals surface area contributed by atoms with Crippen molar-refractivity contribution in [2.24, 2.45) is 0 Å². The number of esters is 1. The summed E-state index contributed by atoms with van der Waals surface area (Å²) in [5, 5.41) is 9.42. The van der Waals surface area contributed by atoms with E-state index in [1.807, 2.05) is 111 Å². The van der Waals surface area contributed by atoms with Crippen molar-refractivity contribution in [1.82, 2.24) is 14.2 Å². The number of benzene rings is 4. The maximum atomic E-state index is 14.1.